The maximum atomic E-state index is 13.3. The molecule has 0 radical (unpaired) electrons. The SMILES string of the molecule is Cc1cc(-c2ccc(F)cc2)cc(C)c1C1C(=O)CC(Cc2ccc(C#N)cn2)C1=O. The van der Waals surface area contributed by atoms with Crippen LogP contribution in [0.3, 0.4) is 0 Å². The summed E-state index contributed by atoms with van der Waals surface area (Å²) in [6.45, 7) is 3.82. The van der Waals surface area contributed by atoms with Gasteiger partial charge in [0.25, 0.3) is 0 Å². The van der Waals surface area contributed by atoms with Gasteiger partial charge in [-0.3, -0.25) is 14.6 Å². The zero-order valence-corrected chi connectivity index (χ0v) is 17.4. The first-order chi connectivity index (χ1) is 14.9. The Labute approximate surface area is 180 Å². The van der Waals surface area contributed by atoms with E-state index in [1.807, 2.05) is 32.0 Å². The number of ketones is 2. The van der Waals surface area contributed by atoms with Crippen LogP contribution in [0.2, 0.25) is 0 Å². The molecule has 0 bridgehead atoms. The van der Waals surface area contributed by atoms with E-state index in [1.165, 1.54) is 18.3 Å². The average molecular weight is 412 g/mol. The van der Waals surface area contributed by atoms with Crippen LogP contribution in [0.1, 0.15) is 40.3 Å². The molecule has 1 saturated carbocycles. The second-order valence-corrected chi connectivity index (χ2v) is 8.09. The third-order valence-corrected chi connectivity index (χ3v) is 5.93. The van der Waals surface area contributed by atoms with Crippen LogP contribution in [0.25, 0.3) is 11.1 Å². The van der Waals surface area contributed by atoms with Crippen molar-refractivity contribution in [2.75, 3.05) is 0 Å². The summed E-state index contributed by atoms with van der Waals surface area (Å²) >= 11 is 0. The van der Waals surface area contributed by atoms with Gasteiger partial charge >= 0.3 is 0 Å². The molecule has 1 aliphatic carbocycles. The van der Waals surface area contributed by atoms with Gasteiger partial charge in [0.1, 0.15) is 23.6 Å². The van der Waals surface area contributed by atoms with E-state index in [-0.39, 0.29) is 23.8 Å². The van der Waals surface area contributed by atoms with Gasteiger partial charge in [-0.15, -0.1) is 0 Å². The Morgan fingerprint density at radius 2 is 1.71 bits per heavy atom. The summed E-state index contributed by atoms with van der Waals surface area (Å²) in [4.78, 5) is 30.3. The molecule has 0 N–H and O–H groups in total. The van der Waals surface area contributed by atoms with Crippen molar-refractivity contribution in [1.82, 2.24) is 4.98 Å². The van der Waals surface area contributed by atoms with Crippen molar-refractivity contribution in [3.63, 3.8) is 0 Å². The number of halogens is 1. The topological polar surface area (TPSA) is 70.8 Å². The zero-order chi connectivity index (χ0) is 22.1. The summed E-state index contributed by atoms with van der Waals surface area (Å²) in [5, 5.41) is 8.90. The Morgan fingerprint density at radius 3 is 2.29 bits per heavy atom. The van der Waals surface area contributed by atoms with Crippen LogP contribution >= 0.6 is 0 Å². The fourth-order valence-electron chi connectivity index (χ4n) is 4.43. The largest absolute Gasteiger partial charge is 0.298 e. The molecule has 3 aromatic rings. The lowest BCUT2D eigenvalue weighted by atomic mass is 9.85. The number of nitriles is 1. The number of aryl methyl sites for hydroxylation is 2. The molecule has 0 aliphatic heterocycles. The van der Waals surface area contributed by atoms with Crippen molar-refractivity contribution < 1.29 is 14.0 Å². The zero-order valence-electron chi connectivity index (χ0n) is 17.4. The van der Waals surface area contributed by atoms with Crippen LogP contribution in [-0.4, -0.2) is 16.6 Å². The molecule has 2 atom stereocenters. The molecule has 4 nitrogen and oxygen atoms in total. The van der Waals surface area contributed by atoms with Gasteiger partial charge in [-0.25, -0.2) is 4.39 Å². The molecule has 5 heteroatoms. The predicted molar refractivity (Wildman–Crippen MR) is 115 cm³/mol. The molecule has 1 aliphatic rings. The molecule has 0 spiro atoms. The van der Waals surface area contributed by atoms with E-state index < -0.39 is 11.8 Å². The predicted octanol–water partition coefficient (Wildman–Crippen LogP) is 4.86. The fraction of sp³-hybridized carbons (Fsp3) is 0.231. The smallest absolute Gasteiger partial charge is 0.151 e. The fourth-order valence-corrected chi connectivity index (χ4v) is 4.43. The molecule has 0 amide bonds. The number of hydrogen-bond acceptors (Lipinski definition) is 4. The molecule has 2 aromatic carbocycles. The molecular formula is C26H21FN2O2. The third-order valence-electron chi connectivity index (χ3n) is 5.93. The van der Waals surface area contributed by atoms with E-state index in [0.29, 0.717) is 17.7 Å². The summed E-state index contributed by atoms with van der Waals surface area (Å²) in [6.07, 6.45) is 2.07. The van der Waals surface area contributed by atoms with Gasteiger partial charge in [0.15, 0.2) is 5.78 Å². The monoisotopic (exact) mass is 412 g/mol. The highest BCUT2D eigenvalue weighted by Gasteiger charge is 2.43. The minimum Gasteiger partial charge on any atom is -0.298 e. The van der Waals surface area contributed by atoms with E-state index in [1.54, 1.807) is 24.3 Å². The summed E-state index contributed by atoms with van der Waals surface area (Å²) in [5.74, 6) is -1.60. The van der Waals surface area contributed by atoms with Gasteiger partial charge in [0.05, 0.1) is 5.56 Å². The second-order valence-electron chi connectivity index (χ2n) is 8.09. The first-order valence-electron chi connectivity index (χ1n) is 10.2. The van der Waals surface area contributed by atoms with Crippen LogP contribution < -0.4 is 0 Å². The van der Waals surface area contributed by atoms with Gasteiger partial charge in [-0.2, -0.15) is 5.26 Å². The summed E-state index contributed by atoms with van der Waals surface area (Å²) in [7, 11) is 0. The van der Waals surface area contributed by atoms with Gasteiger partial charge in [-0.1, -0.05) is 24.3 Å². The number of nitrogens with zero attached hydrogens (tertiary/aromatic N) is 2. The van der Waals surface area contributed by atoms with E-state index in [9.17, 15) is 14.0 Å². The van der Waals surface area contributed by atoms with Gasteiger partial charge in [0.2, 0.25) is 0 Å². The maximum Gasteiger partial charge on any atom is 0.151 e. The first kappa shape index (κ1) is 20.6. The maximum absolute atomic E-state index is 13.3. The van der Waals surface area contributed by atoms with Crippen molar-refractivity contribution in [2.24, 2.45) is 5.92 Å². The Hall–Kier alpha value is -3.65. The Bertz CT molecular complexity index is 1180. The van der Waals surface area contributed by atoms with E-state index in [2.05, 4.69) is 4.98 Å². The van der Waals surface area contributed by atoms with Crippen molar-refractivity contribution >= 4 is 11.6 Å². The number of hydrogen-bond donors (Lipinski definition) is 0. The number of carbonyl (C=O) groups excluding carboxylic acids is 2. The minimum atomic E-state index is -0.759. The third kappa shape index (κ3) is 4.02. The van der Waals surface area contributed by atoms with Crippen molar-refractivity contribution in [2.45, 2.75) is 32.6 Å². The van der Waals surface area contributed by atoms with Gasteiger partial charge < -0.3 is 0 Å². The molecule has 1 aromatic heterocycles. The highest BCUT2D eigenvalue weighted by Crippen LogP contribution is 2.38. The van der Waals surface area contributed by atoms with Crippen LogP contribution in [-0.2, 0) is 16.0 Å². The number of benzene rings is 2. The minimum absolute atomic E-state index is 0.0654. The first-order valence-corrected chi connectivity index (χ1v) is 10.2. The quantitative estimate of drug-likeness (QED) is 0.574. The van der Waals surface area contributed by atoms with Crippen molar-refractivity contribution in [3.05, 3.63) is 88.5 Å². The number of pyridine rings is 1. The van der Waals surface area contributed by atoms with E-state index in [4.69, 9.17) is 5.26 Å². The lowest BCUT2D eigenvalue weighted by molar-refractivity contribution is -0.124. The molecular weight excluding hydrogens is 391 g/mol. The highest BCUT2D eigenvalue weighted by molar-refractivity contribution is 6.15. The average Bonchev–Trinajstić information content (AvgIpc) is 3.02. The second kappa shape index (κ2) is 8.23. The van der Waals surface area contributed by atoms with Gasteiger partial charge in [0, 0.05) is 24.2 Å². The normalized spacial score (nSPS) is 18.3. The molecule has 2 unspecified atom stereocenters. The molecule has 0 saturated heterocycles. The number of rotatable bonds is 4. The number of Topliss-reactive ketones (excluding diaryl/α,β-unsaturated/α-hetero) is 2. The van der Waals surface area contributed by atoms with E-state index in [0.717, 1.165) is 27.8 Å². The standard InChI is InChI=1S/C26H21FN2O2/c1-15-9-19(18-4-6-21(27)7-5-18)10-16(2)24(15)25-23(30)12-20(26(25)31)11-22-8-3-17(13-28)14-29-22/h3-10,14,20,25H,11-12H2,1-2H3. The van der Waals surface area contributed by atoms with E-state index >= 15 is 0 Å². The molecule has 31 heavy (non-hydrogen) atoms. The lowest BCUT2D eigenvalue weighted by Crippen LogP contribution is -2.19. The van der Waals surface area contributed by atoms with Crippen LogP contribution in [0.15, 0.2) is 54.7 Å². The van der Waals surface area contributed by atoms with Gasteiger partial charge in [-0.05, 0) is 72.4 Å². The lowest BCUT2D eigenvalue weighted by Gasteiger charge is -2.17. The molecule has 1 fully saturated rings. The summed E-state index contributed by atoms with van der Waals surface area (Å²) in [6, 6.07) is 15.6. The summed E-state index contributed by atoms with van der Waals surface area (Å²) < 4.78 is 13.3. The summed E-state index contributed by atoms with van der Waals surface area (Å²) in [5.41, 5.74) is 5.50. The number of carbonyl (C=O) groups is 2. The Kier molecular flexibility index (Phi) is 5.48. The molecule has 1 heterocycles. The Balaban J connectivity index is 1.61. The Morgan fingerprint density at radius 1 is 1.03 bits per heavy atom. The van der Waals surface area contributed by atoms with Crippen LogP contribution in [0.5, 0.6) is 0 Å². The van der Waals surface area contributed by atoms with Crippen LogP contribution in [0, 0.1) is 36.9 Å². The highest BCUT2D eigenvalue weighted by atomic mass is 19.1. The molecule has 154 valence electrons. The number of aromatic nitrogens is 1. The van der Waals surface area contributed by atoms with Crippen molar-refractivity contribution in [1.29, 1.82) is 5.26 Å². The van der Waals surface area contributed by atoms with Crippen molar-refractivity contribution in [3.8, 4) is 17.2 Å². The van der Waals surface area contributed by atoms with Crippen LogP contribution in [0.4, 0.5) is 4.39 Å². The molecule has 4 rings (SSSR count).